The van der Waals surface area contributed by atoms with Gasteiger partial charge in [-0.05, 0) is 39.3 Å². The second-order valence-electron chi connectivity index (χ2n) is 7.52. The van der Waals surface area contributed by atoms with Crippen LogP contribution in [0.5, 0.6) is 0 Å². The highest BCUT2D eigenvalue weighted by Gasteiger charge is 2.40. The topological polar surface area (TPSA) is 53.3 Å². The van der Waals surface area contributed by atoms with Crippen LogP contribution in [0.15, 0.2) is 36.7 Å². The Kier molecular flexibility index (Phi) is 6.06. The molecule has 1 saturated heterocycles. The van der Waals surface area contributed by atoms with Gasteiger partial charge in [-0.25, -0.2) is 4.39 Å². The fourth-order valence-electron chi connectivity index (χ4n) is 3.94. The van der Waals surface area contributed by atoms with Crippen LogP contribution >= 0.6 is 0 Å². The highest BCUT2D eigenvalue weighted by Crippen LogP contribution is 2.40. The number of benzene rings is 1. The van der Waals surface area contributed by atoms with Gasteiger partial charge in [0.1, 0.15) is 5.82 Å². The third kappa shape index (κ3) is 3.98. The molecule has 2 aromatic rings. The summed E-state index contributed by atoms with van der Waals surface area (Å²) in [5, 5.41) is 17.5. The molecule has 0 aliphatic carbocycles. The molecule has 0 amide bonds. The summed E-state index contributed by atoms with van der Waals surface area (Å²) in [5.41, 5.74) is 1.86. The first-order valence-corrected chi connectivity index (χ1v) is 9.32. The average molecular weight is 360 g/mol. The Bertz CT molecular complexity index is 717. The fraction of sp³-hybridized carbons (Fsp3) is 0.550. The minimum atomic E-state index is -0.175. The summed E-state index contributed by atoms with van der Waals surface area (Å²) in [4.78, 5) is 2.11. The summed E-state index contributed by atoms with van der Waals surface area (Å²) < 4.78 is 16.3. The molecule has 1 fully saturated rings. The molecular formula is C20H29FN4O. The maximum absolute atomic E-state index is 14.4. The Hall–Kier alpha value is -1.76. The summed E-state index contributed by atoms with van der Waals surface area (Å²) in [5.74, 6) is 0.0698. The van der Waals surface area contributed by atoms with Crippen LogP contribution in [-0.2, 0) is 6.54 Å². The highest BCUT2D eigenvalue weighted by molar-refractivity contribution is 5.24. The first-order chi connectivity index (χ1) is 12.5. The molecule has 142 valence electrons. The van der Waals surface area contributed by atoms with Crippen molar-refractivity contribution in [3.8, 4) is 0 Å². The molecule has 0 saturated carbocycles. The van der Waals surface area contributed by atoms with Gasteiger partial charge < -0.3 is 10.4 Å². The van der Waals surface area contributed by atoms with Crippen LogP contribution in [0.3, 0.4) is 0 Å². The largest absolute Gasteiger partial charge is 0.395 e. The van der Waals surface area contributed by atoms with Crippen molar-refractivity contribution in [1.82, 2.24) is 20.0 Å². The Morgan fingerprint density at radius 3 is 2.77 bits per heavy atom. The van der Waals surface area contributed by atoms with Gasteiger partial charge in [0.15, 0.2) is 0 Å². The second-order valence-corrected chi connectivity index (χ2v) is 7.52. The number of nitrogens with zero attached hydrogens (tertiary/aromatic N) is 3. The van der Waals surface area contributed by atoms with Gasteiger partial charge in [-0.3, -0.25) is 9.58 Å². The molecule has 26 heavy (non-hydrogen) atoms. The van der Waals surface area contributed by atoms with Crippen LogP contribution < -0.4 is 5.32 Å². The lowest BCUT2D eigenvalue weighted by Gasteiger charge is -2.28. The monoisotopic (exact) mass is 360 g/mol. The molecule has 3 atom stereocenters. The Morgan fingerprint density at radius 2 is 2.12 bits per heavy atom. The minimum absolute atomic E-state index is 0.0285. The number of nitrogens with one attached hydrogen (secondary N) is 1. The predicted molar refractivity (Wildman–Crippen MR) is 100 cm³/mol. The van der Waals surface area contributed by atoms with Crippen LogP contribution in [0.4, 0.5) is 4.39 Å². The number of halogens is 1. The lowest BCUT2D eigenvalue weighted by atomic mass is 9.92. The standard InChI is InChI=1S/C20H29FN4O/c1-14(2)25-12-15(10-23-25)9-22-11-16-8-17(13-26)24(3)20(16)18-6-4-5-7-19(18)21/h4-7,10,12,14,16-17,20,22,26H,8-9,11,13H2,1-3H3/t16-,17+,20-/m1/s1. The molecule has 1 aliphatic heterocycles. The number of aromatic nitrogens is 2. The third-order valence-electron chi connectivity index (χ3n) is 5.39. The molecule has 0 radical (unpaired) electrons. The van der Waals surface area contributed by atoms with E-state index in [2.05, 4.69) is 35.4 Å². The minimum Gasteiger partial charge on any atom is -0.395 e. The van der Waals surface area contributed by atoms with Gasteiger partial charge in [-0.15, -0.1) is 0 Å². The molecule has 2 heterocycles. The van der Waals surface area contributed by atoms with Crippen LogP contribution in [0.2, 0.25) is 0 Å². The molecule has 0 spiro atoms. The first-order valence-electron chi connectivity index (χ1n) is 9.32. The van der Waals surface area contributed by atoms with Gasteiger partial charge >= 0.3 is 0 Å². The molecule has 6 heteroatoms. The first kappa shape index (κ1) is 19.0. The van der Waals surface area contributed by atoms with E-state index in [1.807, 2.05) is 30.1 Å². The molecule has 1 aromatic heterocycles. The van der Waals surface area contributed by atoms with Crippen molar-refractivity contribution in [1.29, 1.82) is 0 Å². The SMILES string of the molecule is CC(C)n1cc(CNC[C@H]2C[C@@H](CO)N(C)[C@H]2c2ccccc2F)cn1. The van der Waals surface area contributed by atoms with Crippen molar-refractivity contribution < 1.29 is 9.50 Å². The van der Waals surface area contributed by atoms with E-state index in [9.17, 15) is 9.50 Å². The van der Waals surface area contributed by atoms with Crippen LogP contribution in [-0.4, -0.2) is 46.0 Å². The van der Waals surface area contributed by atoms with Crippen LogP contribution in [0.25, 0.3) is 0 Å². The van der Waals surface area contributed by atoms with Crippen molar-refractivity contribution in [2.75, 3.05) is 20.2 Å². The zero-order chi connectivity index (χ0) is 18.7. The van der Waals surface area contributed by atoms with Gasteiger partial charge in [-0.2, -0.15) is 5.10 Å². The van der Waals surface area contributed by atoms with Crippen molar-refractivity contribution in [3.05, 3.63) is 53.6 Å². The maximum atomic E-state index is 14.4. The summed E-state index contributed by atoms with van der Waals surface area (Å²) in [7, 11) is 1.98. The van der Waals surface area contributed by atoms with E-state index in [0.29, 0.717) is 11.6 Å². The van der Waals surface area contributed by atoms with E-state index in [1.165, 1.54) is 6.07 Å². The van der Waals surface area contributed by atoms with E-state index in [4.69, 9.17) is 0 Å². The zero-order valence-electron chi connectivity index (χ0n) is 15.8. The van der Waals surface area contributed by atoms with Gasteiger partial charge in [0, 0.05) is 48.5 Å². The normalized spacial score (nSPS) is 23.8. The number of likely N-dealkylation sites (N-methyl/N-ethyl adjacent to an activating group) is 1. The van der Waals surface area contributed by atoms with Crippen molar-refractivity contribution >= 4 is 0 Å². The van der Waals surface area contributed by atoms with Crippen LogP contribution in [0.1, 0.15) is 43.5 Å². The summed E-state index contributed by atoms with van der Waals surface area (Å²) >= 11 is 0. The lowest BCUT2D eigenvalue weighted by Crippen LogP contribution is -2.32. The Balaban J connectivity index is 1.67. The highest BCUT2D eigenvalue weighted by atomic mass is 19.1. The molecule has 0 unspecified atom stereocenters. The number of rotatable bonds is 7. The van der Waals surface area contributed by atoms with Crippen molar-refractivity contribution in [3.63, 3.8) is 0 Å². The van der Waals surface area contributed by atoms with Gasteiger partial charge in [0.05, 0.1) is 12.8 Å². The molecule has 3 rings (SSSR count). The summed E-state index contributed by atoms with van der Waals surface area (Å²) in [6, 6.07) is 7.36. The Labute approximate surface area is 154 Å². The van der Waals surface area contributed by atoms with E-state index >= 15 is 0 Å². The molecule has 1 aromatic carbocycles. The predicted octanol–water partition coefficient (Wildman–Crippen LogP) is 2.75. The van der Waals surface area contributed by atoms with Crippen molar-refractivity contribution in [2.24, 2.45) is 5.92 Å². The van der Waals surface area contributed by atoms with E-state index in [-0.39, 0.29) is 30.4 Å². The van der Waals surface area contributed by atoms with Gasteiger partial charge in [0.2, 0.25) is 0 Å². The lowest BCUT2D eigenvalue weighted by molar-refractivity contribution is 0.151. The fourth-order valence-corrected chi connectivity index (χ4v) is 3.94. The summed E-state index contributed by atoms with van der Waals surface area (Å²) in [6.45, 7) is 5.81. The second kappa shape index (κ2) is 8.29. The van der Waals surface area contributed by atoms with Gasteiger partial charge in [0.25, 0.3) is 0 Å². The smallest absolute Gasteiger partial charge is 0.127 e. The summed E-state index contributed by atoms with van der Waals surface area (Å²) in [6.07, 6.45) is 4.80. The van der Waals surface area contributed by atoms with E-state index in [0.717, 1.165) is 25.1 Å². The maximum Gasteiger partial charge on any atom is 0.127 e. The molecular weight excluding hydrogens is 331 g/mol. The average Bonchev–Trinajstić information content (AvgIpc) is 3.21. The molecule has 5 nitrogen and oxygen atoms in total. The van der Waals surface area contributed by atoms with Gasteiger partial charge in [-0.1, -0.05) is 18.2 Å². The van der Waals surface area contributed by atoms with Crippen LogP contribution in [0, 0.1) is 11.7 Å². The van der Waals surface area contributed by atoms with E-state index in [1.54, 1.807) is 6.07 Å². The number of likely N-dealkylation sites (tertiary alicyclic amines) is 1. The number of aliphatic hydroxyl groups excluding tert-OH is 1. The van der Waals surface area contributed by atoms with Crippen molar-refractivity contribution in [2.45, 2.75) is 44.9 Å². The Morgan fingerprint density at radius 1 is 1.35 bits per heavy atom. The molecule has 2 N–H and O–H groups in total. The quantitative estimate of drug-likeness (QED) is 0.797. The third-order valence-corrected chi connectivity index (χ3v) is 5.39. The number of aliphatic hydroxyl groups is 1. The zero-order valence-corrected chi connectivity index (χ0v) is 15.8. The molecule has 1 aliphatic rings. The van der Waals surface area contributed by atoms with E-state index < -0.39 is 0 Å². The number of hydrogen-bond acceptors (Lipinski definition) is 4. The number of hydrogen-bond donors (Lipinski definition) is 2. The molecule has 0 bridgehead atoms.